The quantitative estimate of drug-likeness (QED) is 0.295. The summed E-state index contributed by atoms with van der Waals surface area (Å²) in [5, 5.41) is 4.21. The van der Waals surface area contributed by atoms with Gasteiger partial charge >= 0.3 is 5.97 Å². The second kappa shape index (κ2) is 4.82. The third-order valence-corrected chi connectivity index (χ3v) is 3.28. The minimum atomic E-state index is -0.398. The molecular weight excluding hydrogens is 248 g/mol. The zero-order valence-corrected chi connectivity index (χ0v) is 11.2. The van der Waals surface area contributed by atoms with Crippen LogP contribution in [0.15, 0.2) is 66.7 Å². The molecule has 0 aromatic heterocycles. The second-order valence-corrected chi connectivity index (χ2v) is 4.81. The number of benzene rings is 3. The summed E-state index contributed by atoms with van der Waals surface area (Å²) in [5.41, 5.74) is 0.391. The fourth-order valence-corrected chi connectivity index (χ4v) is 2.30. The Morgan fingerprint density at radius 2 is 1.65 bits per heavy atom. The van der Waals surface area contributed by atoms with E-state index in [1.807, 2.05) is 48.5 Å². The number of hydrogen-bond acceptors (Lipinski definition) is 2. The van der Waals surface area contributed by atoms with Gasteiger partial charge in [-0.2, -0.15) is 0 Å². The van der Waals surface area contributed by atoms with Crippen molar-refractivity contribution in [2.75, 3.05) is 0 Å². The van der Waals surface area contributed by atoms with Crippen LogP contribution >= 0.6 is 0 Å². The number of ether oxygens (including phenoxy) is 1. The average Bonchev–Trinajstić information content (AvgIpc) is 2.47. The summed E-state index contributed by atoms with van der Waals surface area (Å²) < 4.78 is 5.46. The maximum Gasteiger partial charge on any atom is 0.338 e. The molecule has 0 atom stereocenters. The summed E-state index contributed by atoms with van der Waals surface area (Å²) in [6, 6.07) is 17.9. The molecule has 0 saturated carbocycles. The van der Waals surface area contributed by atoms with E-state index >= 15 is 0 Å². The maximum atomic E-state index is 11.8. The van der Waals surface area contributed by atoms with Gasteiger partial charge < -0.3 is 4.74 Å². The minimum absolute atomic E-state index is 0.391. The summed E-state index contributed by atoms with van der Waals surface area (Å²) >= 11 is 0. The lowest BCUT2D eigenvalue weighted by atomic mass is 10.0. The predicted octanol–water partition coefficient (Wildman–Crippen LogP) is 4.47. The standard InChI is InChI=1S/C18H14O2/c1-12(2)18(19)20-16-9-5-7-14-11-10-13-6-3-4-8-15(13)17(14)16/h3-11H,1H2,2H3. The van der Waals surface area contributed by atoms with Crippen molar-refractivity contribution in [2.24, 2.45) is 0 Å². The molecule has 0 spiro atoms. The highest BCUT2D eigenvalue weighted by Gasteiger charge is 2.10. The SMILES string of the molecule is C=C(C)C(=O)Oc1cccc2ccc3ccccc3c12. The summed E-state index contributed by atoms with van der Waals surface area (Å²) in [6.45, 7) is 5.26. The Balaban J connectivity index is 2.29. The molecule has 0 bridgehead atoms. The Hall–Kier alpha value is -2.61. The van der Waals surface area contributed by atoms with E-state index in [9.17, 15) is 4.79 Å². The molecule has 0 aliphatic rings. The van der Waals surface area contributed by atoms with Crippen molar-refractivity contribution in [3.05, 3.63) is 66.7 Å². The monoisotopic (exact) mass is 262 g/mol. The molecule has 3 rings (SSSR count). The molecule has 2 heteroatoms. The molecule has 0 unspecified atom stereocenters. The lowest BCUT2D eigenvalue weighted by Gasteiger charge is -2.10. The van der Waals surface area contributed by atoms with E-state index < -0.39 is 5.97 Å². The summed E-state index contributed by atoms with van der Waals surface area (Å²) in [7, 11) is 0. The Bertz CT molecular complexity index is 831. The van der Waals surface area contributed by atoms with E-state index in [0.29, 0.717) is 11.3 Å². The fourth-order valence-electron chi connectivity index (χ4n) is 2.30. The number of rotatable bonds is 2. The average molecular weight is 262 g/mol. The number of carbonyl (C=O) groups is 1. The van der Waals surface area contributed by atoms with Crippen molar-refractivity contribution in [2.45, 2.75) is 6.92 Å². The van der Waals surface area contributed by atoms with E-state index in [1.54, 1.807) is 6.92 Å². The molecule has 0 aliphatic carbocycles. The Morgan fingerprint density at radius 3 is 2.45 bits per heavy atom. The second-order valence-electron chi connectivity index (χ2n) is 4.81. The molecule has 0 heterocycles. The van der Waals surface area contributed by atoms with Gasteiger partial charge in [-0.15, -0.1) is 0 Å². The van der Waals surface area contributed by atoms with Crippen LogP contribution in [0.5, 0.6) is 5.75 Å². The molecule has 0 radical (unpaired) electrons. The first-order valence-corrected chi connectivity index (χ1v) is 6.45. The third kappa shape index (κ3) is 2.05. The van der Waals surface area contributed by atoms with Crippen molar-refractivity contribution < 1.29 is 9.53 Å². The van der Waals surface area contributed by atoms with Gasteiger partial charge in [-0.3, -0.25) is 0 Å². The van der Waals surface area contributed by atoms with Crippen LogP contribution in [0, 0.1) is 0 Å². The first kappa shape index (κ1) is 12.4. The molecule has 20 heavy (non-hydrogen) atoms. The first-order chi connectivity index (χ1) is 9.66. The highest BCUT2D eigenvalue weighted by atomic mass is 16.5. The van der Waals surface area contributed by atoms with Gasteiger partial charge in [0.05, 0.1) is 0 Å². The number of fused-ring (bicyclic) bond motifs is 3. The zero-order chi connectivity index (χ0) is 14.1. The highest BCUT2D eigenvalue weighted by molar-refractivity contribution is 6.11. The Labute approximate surface area is 117 Å². The van der Waals surface area contributed by atoms with Crippen LogP contribution < -0.4 is 4.74 Å². The number of hydrogen-bond donors (Lipinski definition) is 0. The molecule has 3 aromatic carbocycles. The fraction of sp³-hybridized carbons (Fsp3) is 0.0556. The van der Waals surface area contributed by atoms with Crippen LogP contribution in [0.1, 0.15) is 6.92 Å². The van der Waals surface area contributed by atoms with Crippen LogP contribution in [-0.2, 0) is 4.79 Å². The van der Waals surface area contributed by atoms with Crippen molar-refractivity contribution in [3.63, 3.8) is 0 Å². The molecule has 0 amide bonds. The molecule has 0 saturated heterocycles. The lowest BCUT2D eigenvalue weighted by molar-refractivity contribution is -0.129. The van der Waals surface area contributed by atoms with E-state index in [0.717, 1.165) is 21.5 Å². The van der Waals surface area contributed by atoms with Crippen molar-refractivity contribution >= 4 is 27.5 Å². The molecule has 0 N–H and O–H groups in total. The maximum absolute atomic E-state index is 11.8. The summed E-state index contributed by atoms with van der Waals surface area (Å²) in [6.07, 6.45) is 0. The van der Waals surface area contributed by atoms with Crippen LogP contribution in [0.4, 0.5) is 0 Å². The molecule has 0 fully saturated rings. The summed E-state index contributed by atoms with van der Waals surface area (Å²) in [5.74, 6) is 0.178. The van der Waals surface area contributed by atoms with Crippen LogP contribution in [-0.4, -0.2) is 5.97 Å². The van der Waals surface area contributed by atoms with Gasteiger partial charge in [-0.25, -0.2) is 4.79 Å². The van der Waals surface area contributed by atoms with Crippen molar-refractivity contribution in [1.82, 2.24) is 0 Å². The van der Waals surface area contributed by atoms with Gasteiger partial charge in [0.1, 0.15) is 5.75 Å². The topological polar surface area (TPSA) is 26.3 Å². The van der Waals surface area contributed by atoms with Gasteiger partial charge in [0, 0.05) is 11.0 Å². The zero-order valence-electron chi connectivity index (χ0n) is 11.2. The van der Waals surface area contributed by atoms with Gasteiger partial charge in [0.25, 0.3) is 0 Å². The van der Waals surface area contributed by atoms with Crippen LogP contribution in [0.3, 0.4) is 0 Å². The van der Waals surface area contributed by atoms with Crippen molar-refractivity contribution in [3.8, 4) is 5.75 Å². The Kier molecular flexibility index (Phi) is 2.99. The van der Waals surface area contributed by atoms with E-state index in [2.05, 4.69) is 12.6 Å². The summed E-state index contributed by atoms with van der Waals surface area (Å²) in [4.78, 5) is 11.8. The molecule has 2 nitrogen and oxygen atoms in total. The smallest absolute Gasteiger partial charge is 0.338 e. The van der Waals surface area contributed by atoms with Gasteiger partial charge in [0.2, 0.25) is 0 Å². The highest BCUT2D eigenvalue weighted by Crippen LogP contribution is 2.33. The molecule has 98 valence electrons. The molecule has 0 aliphatic heterocycles. The first-order valence-electron chi connectivity index (χ1n) is 6.45. The van der Waals surface area contributed by atoms with E-state index in [4.69, 9.17) is 4.74 Å². The van der Waals surface area contributed by atoms with E-state index in [-0.39, 0.29) is 0 Å². The predicted molar refractivity (Wildman–Crippen MR) is 81.9 cm³/mol. The molecule has 3 aromatic rings. The number of esters is 1. The normalized spacial score (nSPS) is 10.7. The lowest BCUT2D eigenvalue weighted by Crippen LogP contribution is -2.08. The van der Waals surface area contributed by atoms with Gasteiger partial charge in [-0.05, 0) is 29.1 Å². The van der Waals surface area contributed by atoms with E-state index in [1.165, 1.54) is 0 Å². The van der Waals surface area contributed by atoms with Crippen LogP contribution in [0.25, 0.3) is 21.5 Å². The largest absolute Gasteiger partial charge is 0.423 e. The number of carbonyl (C=O) groups excluding carboxylic acids is 1. The van der Waals surface area contributed by atoms with Crippen LogP contribution in [0.2, 0.25) is 0 Å². The molecular formula is C18H14O2. The third-order valence-electron chi connectivity index (χ3n) is 3.28. The Morgan fingerprint density at radius 1 is 0.950 bits per heavy atom. The van der Waals surface area contributed by atoms with Crippen molar-refractivity contribution in [1.29, 1.82) is 0 Å². The van der Waals surface area contributed by atoms with Gasteiger partial charge in [0.15, 0.2) is 0 Å². The van der Waals surface area contributed by atoms with Gasteiger partial charge in [-0.1, -0.05) is 55.1 Å². The minimum Gasteiger partial charge on any atom is -0.423 e.